The van der Waals surface area contributed by atoms with Gasteiger partial charge in [-0.25, -0.2) is 4.79 Å². The molecule has 1 fully saturated rings. The van der Waals surface area contributed by atoms with E-state index in [-0.39, 0.29) is 24.8 Å². The molecule has 2 amide bonds. The van der Waals surface area contributed by atoms with Gasteiger partial charge in [-0.05, 0) is 50.6 Å². The molecule has 0 aromatic heterocycles. The van der Waals surface area contributed by atoms with E-state index in [0.717, 1.165) is 0 Å². The number of nitrogens with one attached hydrogen (secondary N) is 3. The molecule has 2 aromatic carbocycles. The van der Waals surface area contributed by atoms with Gasteiger partial charge in [-0.3, -0.25) is 14.9 Å². The summed E-state index contributed by atoms with van der Waals surface area (Å²) in [6.07, 6.45) is -0.520. The molecule has 168 valence electrons. The van der Waals surface area contributed by atoms with Crippen molar-refractivity contribution in [2.24, 2.45) is 5.92 Å². The quantitative estimate of drug-likeness (QED) is 0.513. The Balaban J connectivity index is 1.64. The normalized spacial score (nSPS) is 24.7. The SMILES string of the molecule is CCOC(=O)c1ccc(NC(=O)[C@H]2C[C@H](C(C)O)N[C@]23C(=O)Nc2c(Cl)cccc23)cc1. The van der Waals surface area contributed by atoms with E-state index in [9.17, 15) is 19.5 Å². The molecule has 2 aliphatic heterocycles. The summed E-state index contributed by atoms with van der Waals surface area (Å²) >= 11 is 6.29. The Morgan fingerprint density at radius 2 is 2.00 bits per heavy atom. The molecule has 32 heavy (non-hydrogen) atoms. The molecule has 0 bridgehead atoms. The molecule has 4 rings (SSSR count). The molecule has 0 saturated carbocycles. The van der Waals surface area contributed by atoms with Gasteiger partial charge in [0.15, 0.2) is 0 Å². The predicted molar refractivity (Wildman–Crippen MR) is 119 cm³/mol. The van der Waals surface area contributed by atoms with Crippen LogP contribution in [0.2, 0.25) is 5.02 Å². The number of rotatable bonds is 5. The van der Waals surface area contributed by atoms with Gasteiger partial charge in [0.05, 0.1) is 34.9 Å². The molecule has 2 aromatic rings. The second kappa shape index (κ2) is 8.54. The van der Waals surface area contributed by atoms with Crippen LogP contribution in [0.5, 0.6) is 0 Å². The predicted octanol–water partition coefficient (Wildman–Crippen LogP) is 2.66. The number of benzene rings is 2. The molecule has 4 atom stereocenters. The number of esters is 1. The Kier molecular flexibility index (Phi) is 5.94. The average molecular weight is 458 g/mol. The van der Waals surface area contributed by atoms with Crippen molar-refractivity contribution in [3.05, 3.63) is 58.6 Å². The molecule has 1 saturated heterocycles. The molecule has 8 nitrogen and oxygen atoms in total. The fraction of sp³-hybridized carbons (Fsp3) is 0.348. The molecule has 2 aliphatic rings. The van der Waals surface area contributed by atoms with Crippen LogP contribution in [-0.4, -0.2) is 41.6 Å². The largest absolute Gasteiger partial charge is 0.462 e. The second-order valence-corrected chi connectivity index (χ2v) is 8.40. The number of amides is 2. The summed E-state index contributed by atoms with van der Waals surface area (Å²) in [7, 11) is 0. The van der Waals surface area contributed by atoms with Crippen LogP contribution in [0.25, 0.3) is 0 Å². The number of carbonyl (C=O) groups is 3. The summed E-state index contributed by atoms with van der Waals surface area (Å²) in [6.45, 7) is 3.61. The summed E-state index contributed by atoms with van der Waals surface area (Å²) in [5.41, 5.74) is 0.544. The fourth-order valence-corrected chi connectivity index (χ4v) is 4.66. The number of carbonyl (C=O) groups excluding carboxylic acids is 3. The molecule has 0 aliphatic carbocycles. The van der Waals surface area contributed by atoms with E-state index in [4.69, 9.17) is 16.3 Å². The standard InChI is InChI=1S/C23H24ClN3O5/c1-3-32-21(30)13-7-9-14(10-8-13)25-20(29)16-11-18(12(2)28)27-23(16)15-5-4-6-17(24)19(15)26-22(23)31/h4-10,12,16,18,27-28H,3,11H2,1-2H3,(H,25,29)(H,26,31)/t12?,16-,18-,23+/m1/s1. The zero-order chi connectivity index (χ0) is 23.0. The summed E-state index contributed by atoms with van der Waals surface area (Å²) < 4.78 is 4.97. The number of halogens is 1. The third kappa shape index (κ3) is 3.64. The molecular weight excluding hydrogens is 434 g/mol. The Morgan fingerprint density at radius 3 is 2.66 bits per heavy atom. The van der Waals surface area contributed by atoms with Crippen molar-refractivity contribution in [2.75, 3.05) is 17.2 Å². The van der Waals surface area contributed by atoms with Crippen LogP contribution in [0.4, 0.5) is 11.4 Å². The van der Waals surface area contributed by atoms with Gasteiger partial charge in [-0.1, -0.05) is 23.7 Å². The lowest BCUT2D eigenvalue weighted by molar-refractivity contribution is -0.130. The Morgan fingerprint density at radius 1 is 1.28 bits per heavy atom. The van der Waals surface area contributed by atoms with Crippen LogP contribution < -0.4 is 16.0 Å². The van der Waals surface area contributed by atoms with Gasteiger partial charge in [0, 0.05) is 17.3 Å². The van der Waals surface area contributed by atoms with Crippen LogP contribution in [0, 0.1) is 5.92 Å². The first-order valence-corrected chi connectivity index (χ1v) is 10.8. The minimum atomic E-state index is -1.35. The summed E-state index contributed by atoms with van der Waals surface area (Å²) in [6, 6.07) is 11.0. The zero-order valence-corrected chi connectivity index (χ0v) is 18.4. The molecule has 0 radical (unpaired) electrons. The Bertz CT molecular complexity index is 1070. The first kappa shape index (κ1) is 22.3. The Hall–Kier alpha value is -2.94. The van der Waals surface area contributed by atoms with E-state index in [1.165, 1.54) is 0 Å². The van der Waals surface area contributed by atoms with Crippen molar-refractivity contribution < 1.29 is 24.2 Å². The first-order chi connectivity index (χ1) is 15.3. The summed E-state index contributed by atoms with van der Waals surface area (Å²) in [5.74, 6) is -2.01. The monoisotopic (exact) mass is 457 g/mol. The van der Waals surface area contributed by atoms with Crippen LogP contribution in [0.15, 0.2) is 42.5 Å². The Labute approximate surface area is 190 Å². The topological polar surface area (TPSA) is 117 Å². The zero-order valence-electron chi connectivity index (χ0n) is 17.6. The number of hydrogen-bond acceptors (Lipinski definition) is 6. The van der Waals surface area contributed by atoms with Gasteiger partial charge >= 0.3 is 5.97 Å². The molecule has 2 heterocycles. The van der Waals surface area contributed by atoms with E-state index in [2.05, 4.69) is 16.0 Å². The third-order valence-corrected chi connectivity index (χ3v) is 6.34. The smallest absolute Gasteiger partial charge is 0.338 e. The third-order valence-electron chi connectivity index (χ3n) is 6.02. The summed E-state index contributed by atoms with van der Waals surface area (Å²) in [5, 5.41) is 19.4. The van der Waals surface area contributed by atoms with E-state index in [0.29, 0.717) is 27.5 Å². The second-order valence-electron chi connectivity index (χ2n) is 7.99. The van der Waals surface area contributed by atoms with Crippen molar-refractivity contribution in [1.29, 1.82) is 0 Å². The van der Waals surface area contributed by atoms with Crippen molar-refractivity contribution in [1.82, 2.24) is 5.32 Å². The summed E-state index contributed by atoms with van der Waals surface area (Å²) in [4.78, 5) is 38.4. The maximum atomic E-state index is 13.4. The first-order valence-electron chi connectivity index (χ1n) is 10.4. The van der Waals surface area contributed by atoms with Crippen LogP contribution in [-0.2, 0) is 19.9 Å². The van der Waals surface area contributed by atoms with Crippen molar-refractivity contribution in [2.45, 2.75) is 38.0 Å². The van der Waals surface area contributed by atoms with Gasteiger partial charge in [0.1, 0.15) is 5.54 Å². The van der Waals surface area contributed by atoms with Gasteiger partial charge in [-0.2, -0.15) is 0 Å². The van der Waals surface area contributed by atoms with Gasteiger partial charge < -0.3 is 20.5 Å². The number of aliphatic hydroxyl groups is 1. The highest BCUT2D eigenvalue weighted by atomic mass is 35.5. The number of hydrogen-bond donors (Lipinski definition) is 4. The highest BCUT2D eigenvalue weighted by Gasteiger charge is 2.61. The number of aliphatic hydroxyl groups excluding tert-OH is 1. The van der Waals surface area contributed by atoms with E-state index in [1.807, 2.05) is 0 Å². The van der Waals surface area contributed by atoms with Crippen LogP contribution in [0.3, 0.4) is 0 Å². The molecule has 1 unspecified atom stereocenters. The van der Waals surface area contributed by atoms with Gasteiger partial charge in [0.2, 0.25) is 11.8 Å². The number of anilines is 2. The molecular formula is C23H24ClN3O5. The van der Waals surface area contributed by atoms with Crippen molar-refractivity contribution in [3.8, 4) is 0 Å². The maximum Gasteiger partial charge on any atom is 0.338 e. The van der Waals surface area contributed by atoms with E-state index in [1.54, 1.807) is 56.3 Å². The lowest BCUT2D eigenvalue weighted by atomic mass is 9.79. The highest BCUT2D eigenvalue weighted by molar-refractivity contribution is 6.35. The molecule has 1 spiro atoms. The lowest BCUT2D eigenvalue weighted by Crippen LogP contribution is -2.53. The minimum Gasteiger partial charge on any atom is -0.462 e. The molecule has 9 heteroatoms. The van der Waals surface area contributed by atoms with Crippen molar-refractivity contribution >= 4 is 40.8 Å². The average Bonchev–Trinajstić information content (AvgIpc) is 3.30. The number of fused-ring (bicyclic) bond motifs is 2. The highest BCUT2D eigenvalue weighted by Crippen LogP contribution is 2.49. The van der Waals surface area contributed by atoms with Gasteiger partial charge in [0.25, 0.3) is 0 Å². The number of para-hydroxylation sites is 1. The molecule has 4 N–H and O–H groups in total. The number of ether oxygens (including phenoxy) is 1. The van der Waals surface area contributed by atoms with Crippen LogP contribution >= 0.6 is 11.6 Å². The van der Waals surface area contributed by atoms with E-state index < -0.39 is 29.6 Å². The minimum absolute atomic E-state index is 0.254. The van der Waals surface area contributed by atoms with Crippen molar-refractivity contribution in [3.63, 3.8) is 0 Å². The lowest BCUT2D eigenvalue weighted by Gasteiger charge is -2.29. The fourth-order valence-electron chi connectivity index (χ4n) is 4.44. The maximum absolute atomic E-state index is 13.4. The van der Waals surface area contributed by atoms with E-state index >= 15 is 0 Å². The van der Waals surface area contributed by atoms with Gasteiger partial charge in [-0.15, -0.1) is 0 Å². The van der Waals surface area contributed by atoms with Crippen LogP contribution in [0.1, 0.15) is 36.2 Å².